The normalized spacial score (nSPS) is 10.7. The average molecular weight is 490 g/mol. The maximum absolute atomic E-state index is 13.2. The maximum Gasteiger partial charge on any atom is 0.253 e. The Morgan fingerprint density at radius 1 is 0.971 bits per heavy atom. The van der Waals surface area contributed by atoms with Crippen LogP contribution in [-0.2, 0) is 18.4 Å². The Balaban J connectivity index is 1.36. The van der Waals surface area contributed by atoms with E-state index in [2.05, 4.69) is 20.8 Å². The van der Waals surface area contributed by atoms with E-state index in [4.69, 9.17) is 0 Å². The zero-order valence-electron chi connectivity index (χ0n) is 19.3. The van der Waals surface area contributed by atoms with Crippen LogP contribution in [0.4, 0.5) is 10.1 Å². The first-order valence-electron chi connectivity index (χ1n) is 10.9. The van der Waals surface area contributed by atoms with Crippen molar-refractivity contribution in [3.63, 3.8) is 0 Å². The molecule has 3 aromatic carbocycles. The van der Waals surface area contributed by atoms with Crippen LogP contribution < -0.4 is 10.6 Å². The molecule has 0 fully saturated rings. The minimum absolute atomic E-state index is 0.0781. The second-order valence-electron chi connectivity index (χ2n) is 7.92. The molecule has 9 heteroatoms. The van der Waals surface area contributed by atoms with Gasteiger partial charge in [-0.25, -0.2) is 4.39 Å². The van der Waals surface area contributed by atoms with Crippen molar-refractivity contribution in [3.05, 3.63) is 95.3 Å². The lowest BCUT2D eigenvalue weighted by atomic mass is 10.1. The number of hydrogen-bond donors (Lipinski definition) is 2. The van der Waals surface area contributed by atoms with Gasteiger partial charge in [0.25, 0.3) is 5.91 Å². The number of halogens is 1. The molecule has 0 saturated heterocycles. The number of nitrogens with zero attached hydrogens (tertiary/aromatic N) is 3. The second kappa shape index (κ2) is 11.0. The first-order chi connectivity index (χ1) is 16.9. The Morgan fingerprint density at radius 3 is 2.43 bits per heavy atom. The van der Waals surface area contributed by atoms with Gasteiger partial charge >= 0.3 is 0 Å². The number of thioether (sulfide) groups is 1. The van der Waals surface area contributed by atoms with Crippen molar-refractivity contribution in [1.29, 1.82) is 0 Å². The number of hydrogen-bond acceptors (Lipinski definition) is 5. The van der Waals surface area contributed by atoms with Crippen LogP contribution in [0, 0.1) is 12.7 Å². The van der Waals surface area contributed by atoms with E-state index in [0.717, 1.165) is 16.7 Å². The number of aromatic nitrogens is 3. The van der Waals surface area contributed by atoms with Gasteiger partial charge in [0.1, 0.15) is 5.82 Å². The van der Waals surface area contributed by atoms with Crippen LogP contribution >= 0.6 is 11.8 Å². The second-order valence-corrected chi connectivity index (χ2v) is 8.87. The predicted octanol–water partition coefficient (Wildman–Crippen LogP) is 4.59. The molecule has 0 aliphatic rings. The fraction of sp³-hybridized carbons (Fsp3) is 0.154. The monoisotopic (exact) mass is 489 g/mol. The molecular formula is C26H24FN5O2S. The van der Waals surface area contributed by atoms with Crippen molar-refractivity contribution in [2.75, 3.05) is 11.1 Å². The van der Waals surface area contributed by atoms with Gasteiger partial charge in [-0.05, 0) is 48.9 Å². The first kappa shape index (κ1) is 24.2. The minimum atomic E-state index is -0.327. The van der Waals surface area contributed by atoms with Crippen molar-refractivity contribution < 1.29 is 14.0 Å². The molecule has 35 heavy (non-hydrogen) atoms. The van der Waals surface area contributed by atoms with Crippen molar-refractivity contribution in [2.45, 2.75) is 18.6 Å². The summed E-state index contributed by atoms with van der Waals surface area (Å²) >= 11 is 1.22. The largest absolute Gasteiger partial charge is 0.348 e. The van der Waals surface area contributed by atoms with E-state index >= 15 is 0 Å². The summed E-state index contributed by atoms with van der Waals surface area (Å²) in [4.78, 5) is 25.4. The Kier molecular flexibility index (Phi) is 7.57. The quantitative estimate of drug-likeness (QED) is 0.354. The summed E-state index contributed by atoms with van der Waals surface area (Å²) in [5.74, 6) is -0.226. The lowest BCUT2D eigenvalue weighted by Crippen LogP contribution is -2.25. The van der Waals surface area contributed by atoms with Gasteiger partial charge in [0.05, 0.1) is 17.0 Å². The molecule has 0 unspecified atom stereocenters. The van der Waals surface area contributed by atoms with Crippen molar-refractivity contribution in [3.8, 4) is 11.4 Å². The van der Waals surface area contributed by atoms with Gasteiger partial charge in [-0.15, -0.1) is 10.2 Å². The third-order valence-electron chi connectivity index (χ3n) is 5.29. The summed E-state index contributed by atoms with van der Waals surface area (Å²) in [6, 6.07) is 20.8. The number of aryl methyl sites for hydroxylation is 1. The van der Waals surface area contributed by atoms with Gasteiger partial charge in [-0.1, -0.05) is 53.7 Å². The highest BCUT2D eigenvalue weighted by atomic mass is 32.2. The highest BCUT2D eigenvalue weighted by molar-refractivity contribution is 7.99. The zero-order valence-corrected chi connectivity index (χ0v) is 20.1. The van der Waals surface area contributed by atoms with Crippen LogP contribution in [0.15, 0.2) is 78.0 Å². The lowest BCUT2D eigenvalue weighted by Gasteiger charge is -2.11. The van der Waals surface area contributed by atoms with Gasteiger partial charge in [0, 0.05) is 19.2 Å². The van der Waals surface area contributed by atoms with Crippen LogP contribution in [0.3, 0.4) is 0 Å². The SMILES string of the molecule is Cc1ccc(CNC(=O)c2ccccc2NC(=O)CSc2nnc(-c3ccc(F)cc3)n2C)cc1. The van der Waals surface area contributed by atoms with Crippen LogP contribution in [0.25, 0.3) is 11.4 Å². The number of benzene rings is 3. The highest BCUT2D eigenvalue weighted by Gasteiger charge is 2.16. The smallest absolute Gasteiger partial charge is 0.253 e. The molecule has 2 N–H and O–H groups in total. The van der Waals surface area contributed by atoms with Crippen LogP contribution in [0.2, 0.25) is 0 Å². The van der Waals surface area contributed by atoms with Crippen LogP contribution in [0.1, 0.15) is 21.5 Å². The lowest BCUT2D eigenvalue weighted by molar-refractivity contribution is -0.113. The fourth-order valence-electron chi connectivity index (χ4n) is 3.38. The molecule has 0 bridgehead atoms. The van der Waals surface area contributed by atoms with E-state index in [1.807, 2.05) is 31.2 Å². The van der Waals surface area contributed by atoms with E-state index in [0.29, 0.717) is 28.8 Å². The number of carbonyl (C=O) groups is 2. The molecule has 0 spiro atoms. The van der Waals surface area contributed by atoms with E-state index in [1.165, 1.54) is 23.9 Å². The predicted molar refractivity (Wildman–Crippen MR) is 135 cm³/mol. The molecule has 178 valence electrons. The van der Waals surface area contributed by atoms with Crippen molar-refractivity contribution in [1.82, 2.24) is 20.1 Å². The molecule has 4 aromatic rings. The van der Waals surface area contributed by atoms with Crippen LogP contribution in [-0.4, -0.2) is 32.3 Å². The molecule has 4 rings (SSSR count). The Labute approximate surface area is 206 Å². The molecule has 1 aromatic heterocycles. The molecule has 2 amide bonds. The summed E-state index contributed by atoms with van der Waals surface area (Å²) < 4.78 is 14.9. The summed E-state index contributed by atoms with van der Waals surface area (Å²) in [7, 11) is 1.78. The Hall–Kier alpha value is -3.98. The van der Waals surface area contributed by atoms with Gasteiger partial charge < -0.3 is 15.2 Å². The molecule has 0 radical (unpaired) electrons. The number of para-hydroxylation sites is 1. The third-order valence-corrected chi connectivity index (χ3v) is 6.31. The Bertz CT molecular complexity index is 1340. The molecular weight excluding hydrogens is 465 g/mol. The minimum Gasteiger partial charge on any atom is -0.348 e. The van der Waals surface area contributed by atoms with Crippen molar-refractivity contribution in [2.24, 2.45) is 7.05 Å². The summed E-state index contributed by atoms with van der Waals surface area (Å²) in [6.45, 7) is 2.40. The van der Waals surface area contributed by atoms with Crippen molar-refractivity contribution >= 4 is 29.3 Å². The van der Waals surface area contributed by atoms with Gasteiger partial charge in [0.15, 0.2) is 11.0 Å². The number of nitrogens with one attached hydrogen (secondary N) is 2. The highest BCUT2D eigenvalue weighted by Crippen LogP contribution is 2.23. The number of anilines is 1. The standard InChI is InChI=1S/C26H24FN5O2S/c1-17-7-9-18(10-8-17)15-28-25(34)21-5-3-4-6-22(21)29-23(33)16-35-26-31-30-24(32(26)2)19-11-13-20(27)14-12-19/h3-14H,15-16H2,1-2H3,(H,28,34)(H,29,33). The van der Waals surface area contributed by atoms with E-state index in [-0.39, 0.29) is 23.4 Å². The molecule has 7 nitrogen and oxygen atoms in total. The van der Waals surface area contributed by atoms with E-state index < -0.39 is 0 Å². The Morgan fingerprint density at radius 2 is 1.69 bits per heavy atom. The molecule has 0 aliphatic heterocycles. The molecule has 0 atom stereocenters. The first-order valence-corrected chi connectivity index (χ1v) is 11.9. The van der Waals surface area contributed by atoms with E-state index in [9.17, 15) is 14.0 Å². The maximum atomic E-state index is 13.2. The zero-order chi connectivity index (χ0) is 24.8. The van der Waals surface area contributed by atoms with Gasteiger partial charge in [0.2, 0.25) is 5.91 Å². The topological polar surface area (TPSA) is 88.9 Å². The molecule has 0 saturated carbocycles. The van der Waals surface area contributed by atoms with E-state index in [1.54, 1.807) is 48.0 Å². The molecule has 1 heterocycles. The summed E-state index contributed by atoms with van der Waals surface area (Å²) in [5.41, 5.74) is 3.69. The van der Waals surface area contributed by atoms with Crippen LogP contribution in [0.5, 0.6) is 0 Å². The van der Waals surface area contributed by atoms with Gasteiger partial charge in [-0.2, -0.15) is 0 Å². The third kappa shape index (κ3) is 6.13. The van der Waals surface area contributed by atoms with Gasteiger partial charge in [-0.3, -0.25) is 9.59 Å². The molecule has 0 aliphatic carbocycles. The summed E-state index contributed by atoms with van der Waals surface area (Å²) in [6.07, 6.45) is 0. The average Bonchev–Trinajstić information content (AvgIpc) is 3.23. The fourth-order valence-corrected chi connectivity index (χ4v) is 4.09. The summed E-state index contributed by atoms with van der Waals surface area (Å²) in [5, 5.41) is 14.5. The number of rotatable bonds is 8. The number of amides is 2. The number of carbonyl (C=O) groups excluding carboxylic acids is 2.